The average molecular weight is 427 g/mol. The molecule has 160 valence electrons. The fourth-order valence-electron chi connectivity index (χ4n) is 1.68. The highest BCUT2D eigenvalue weighted by molar-refractivity contribution is 7.43. The van der Waals surface area contributed by atoms with E-state index in [4.69, 9.17) is 30.7 Å². The molecule has 28 heavy (non-hydrogen) atoms. The first-order valence-electron chi connectivity index (χ1n) is 7.77. The Labute approximate surface area is 159 Å². The summed E-state index contributed by atoms with van der Waals surface area (Å²) >= 11 is 0. The second-order valence-electron chi connectivity index (χ2n) is 5.46. The van der Waals surface area contributed by atoms with Crippen molar-refractivity contribution in [3.05, 3.63) is 0 Å². The van der Waals surface area contributed by atoms with Crippen molar-refractivity contribution in [3.8, 4) is 0 Å². The predicted octanol–water partition coefficient (Wildman–Crippen LogP) is -2.11. The van der Waals surface area contributed by atoms with Crippen molar-refractivity contribution in [2.45, 2.75) is 43.8 Å². The van der Waals surface area contributed by atoms with Gasteiger partial charge in [-0.3, -0.25) is 19.2 Å². The van der Waals surface area contributed by atoms with Crippen molar-refractivity contribution in [2.75, 3.05) is 6.61 Å². The normalized spacial score (nSPS) is 15.1. The SMILES string of the molecule is NC(CCC(=O)NC(COP(O)NC(CCC(=O)O)C(=O)O)C(=O)O)C(=O)O. The predicted molar refractivity (Wildman–Crippen MR) is 90.9 cm³/mol. The molecular weight excluding hydrogens is 405 g/mol. The van der Waals surface area contributed by atoms with Crippen LogP contribution in [-0.4, -0.2) is 79.8 Å². The van der Waals surface area contributed by atoms with Crippen molar-refractivity contribution in [2.24, 2.45) is 5.73 Å². The Kier molecular flexibility index (Phi) is 11.8. The van der Waals surface area contributed by atoms with Crippen molar-refractivity contribution in [1.29, 1.82) is 0 Å². The van der Waals surface area contributed by atoms with Gasteiger partial charge in [-0.1, -0.05) is 0 Å². The molecule has 0 aliphatic rings. The van der Waals surface area contributed by atoms with Crippen LogP contribution in [0, 0.1) is 0 Å². The highest BCUT2D eigenvalue weighted by Gasteiger charge is 2.26. The molecule has 0 aromatic rings. The highest BCUT2D eigenvalue weighted by Crippen LogP contribution is 2.27. The number of hydrogen-bond acceptors (Lipinski definition) is 9. The zero-order valence-electron chi connectivity index (χ0n) is 14.5. The molecule has 1 amide bonds. The number of carboxylic acid groups (broad SMARTS) is 4. The van der Waals surface area contributed by atoms with E-state index in [9.17, 15) is 28.9 Å². The molecule has 4 atom stereocenters. The van der Waals surface area contributed by atoms with Crippen molar-refractivity contribution < 1.29 is 53.8 Å². The van der Waals surface area contributed by atoms with Gasteiger partial charge in [0.05, 0.1) is 6.61 Å². The third-order valence-electron chi connectivity index (χ3n) is 3.21. The van der Waals surface area contributed by atoms with Crippen LogP contribution in [0.5, 0.6) is 0 Å². The number of amides is 1. The second-order valence-corrected chi connectivity index (χ2v) is 6.53. The highest BCUT2D eigenvalue weighted by atomic mass is 31.2. The molecule has 0 saturated heterocycles. The Morgan fingerprint density at radius 3 is 1.93 bits per heavy atom. The van der Waals surface area contributed by atoms with E-state index in [1.165, 1.54) is 0 Å². The number of carbonyl (C=O) groups excluding carboxylic acids is 1. The molecule has 0 aromatic carbocycles. The Balaban J connectivity index is 4.54. The maximum absolute atomic E-state index is 11.7. The molecule has 0 rings (SSSR count). The summed E-state index contributed by atoms with van der Waals surface area (Å²) in [4.78, 5) is 64.5. The fourth-order valence-corrected chi connectivity index (χ4v) is 2.55. The topological polar surface area (TPSA) is 246 Å². The lowest BCUT2D eigenvalue weighted by Crippen LogP contribution is -2.44. The van der Waals surface area contributed by atoms with Crippen LogP contribution >= 0.6 is 8.53 Å². The number of aliphatic carboxylic acids is 4. The number of hydrogen-bond donors (Lipinski definition) is 8. The summed E-state index contributed by atoms with van der Waals surface area (Å²) in [6.07, 6.45) is -1.43. The van der Waals surface area contributed by atoms with Crippen LogP contribution in [0.4, 0.5) is 0 Å². The summed E-state index contributed by atoms with van der Waals surface area (Å²) in [5.41, 5.74) is 5.22. The molecular formula is C13H22N3O11P. The first-order valence-corrected chi connectivity index (χ1v) is 8.98. The summed E-state index contributed by atoms with van der Waals surface area (Å²) in [7, 11) is -2.63. The molecule has 15 heteroatoms. The molecule has 0 aromatic heterocycles. The van der Waals surface area contributed by atoms with Gasteiger partial charge in [-0.15, -0.1) is 0 Å². The van der Waals surface area contributed by atoms with Crippen molar-refractivity contribution >= 4 is 38.3 Å². The maximum atomic E-state index is 11.7. The number of nitrogens with two attached hydrogens (primary N) is 1. The summed E-state index contributed by atoms with van der Waals surface area (Å²) in [5, 5.41) is 39.3. The van der Waals surface area contributed by atoms with Gasteiger partial charge in [0.1, 0.15) is 12.1 Å². The lowest BCUT2D eigenvalue weighted by Gasteiger charge is -2.20. The molecule has 0 bridgehead atoms. The summed E-state index contributed by atoms with van der Waals surface area (Å²) in [6.45, 7) is -0.730. The third kappa shape index (κ3) is 11.4. The summed E-state index contributed by atoms with van der Waals surface area (Å²) in [5.74, 6) is -6.33. The number of nitrogens with one attached hydrogen (secondary N) is 2. The van der Waals surface area contributed by atoms with E-state index in [0.29, 0.717) is 0 Å². The zero-order chi connectivity index (χ0) is 21.9. The van der Waals surface area contributed by atoms with E-state index in [2.05, 4.69) is 5.09 Å². The van der Waals surface area contributed by atoms with Gasteiger partial charge in [-0.05, 0) is 12.8 Å². The van der Waals surface area contributed by atoms with Gasteiger partial charge in [0.2, 0.25) is 5.91 Å². The standard InChI is InChI=1S/C13H22N3O11P/c14-6(11(20)21)1-3-9(17)15-8(13(24)25)5-27-28(26)16-7(12(22)23)2-4-10(18)19/h6-8,16,26H,1-5,14H2,(H,15,17)(H,18,19)(H,20,21)(H,22,23)(H,24,25). The molecule has 0 saturated carbocycles. The number of carbonyl (C=O) groups is 5. The quantitative estimate of drug-likeness (QED) is 0.131. The van der Waals surface area contributed by atoms with Crippen molar-refractivity contribution in [1.82, 2.24) is 10.4 Å². The van der Waals surface area contributed by atoms with Crippen LogP contribution in [0.15, 0.2) is 0 Å². The van der Waals surface area contributed by atoms with Crippen LogP contribution in [0.1, 0.15) is 25.7 Å². The van der Waals surface area contributed by atoms with Gasteiger partial charge >= 0.3 is 23.9 Å². The van der Waals surface area contributed by atoms with Gasteiger partial charge in [0, 0.05) is 12.8 Å². The molecule has 0 heterocycles. The Hall–Kier alpha value is -2.38. The minimum atomic E-state index is -2.63. The minimum Gasteiger partial charge on any atom is -0.481 e. The van der Waals surface area contributed by atoms with Crippen molar-refractivity contribution in [3.63, 3.8) is 0 Å². The van der Waals surface area contributed by atoms with E-state index >= 15 is 0 Å². The van der Waals surface area contributed by atoms with E-state index in [1.54, 1.807) is 0 Å². The minimum absolute atomic E-state index is 0.230. The molecule has 0 spiro atoms. The molecule has 0 radical (unpaired) electrons. The third-order valence-corrected chi connectivity index (χ3v) is 4.13. The van der Waals surface area contributed by atoms with Gasteiger partial charge in [0.25, 0.3) is 8.53 Å². The summed E-state index contributed by atoms with van der Waals surface area (Å²) in [6, 6.07) is -4.34. The molecule has 0 aliphatic carbocycles. The largest absolute Gasteiger partial charge is 0.481 e. The van der Waals surface area contributed by atoms with E-state index in [-0.39, 0.29) is 19.3 Å². The lowest BCUT2D eigenvalue weighted by molar-refractivity contribution is -0.143. The van der Waals surface area contributed by atoms with Gasteiger partial charge < -0.3 is 40.9 Å². The van der Waals surface area contributed by atoms with Crippen LogP contribution in [-0.2, 0) is 28.5 Å². The lowest BCUT2D eigenvalue weighted by atomic mass is 10.1. The first-order chi connectivity index (χ1) is 12.9. The fraction of sp³-hybridized carbons (Fsp3) is 0.615. The monoisotopic (exact) mass is 427 g/mol. The maximum Gasteiger partial charge on any atom is 0.328 e. The van der Waals surface area contributed by atoms with E-state index in [0.717, 1.165) is 0 Å². The van der Waals surface area contributed by atoms with Gasteiger partial charge in [-0.25, -0.2) is 9.88 Å². The smallest absolute Gasteiger partial charge is 0.328 e. The van der Waals surface area contributed by atoms with Crippen LogP contribution in [0.25, 0.3) is 0 Å². The van der Waals surface area contributed by atoms with Crippen LogP contribution in [0.2, 0.25) is 0 Å². The average Bonchev–Trinajstić information content (AvgIpc) is 2.58. The molecule has 0 aliphatic heterocycles. The number of carboxylic acids is 4. The Morgan fingerprint density at radius 2 is 1.46 bits per heavy atom. The van der Waals surface area contributed by atoms with Crippen LogP contribution in [0.3, 0.4) is 0 Å². The summed E-state index contributed by atoms with van der Waals surface area (Å²) < 4.78 is 4.80. The number of rotatable bonds is 15. The molecule has 4 unspecified atom stereocenters. The second kappa shape index (κ2) is 12.9. The van der Waals surface area contributed by atoms with Gasteiger partial charge in [-0.2, -0.15) is 0 Å². The Morgan fingerprint density at radius 1 is 0.893 bits per heavy atom. The Bertz CT molecular complexity index is 588. The molecule has 0 fully saturated rings. The zero-order valence-corrected chi connectivity index (χ0v) is 15.4. The molecule has 9 N–H and O–H groups in total. The van der Waals surface area contributed by atoms with E-state index < -0.39 is 69.5 Å². The van der Waals surface area contributed by atoms with Gasteiger partial charge in [0.15, 0.2) is 6.04 Å². The van der Waals surface area contributed by atoms with Crippen LogP contribution < -0.4 is 16.1 Å². The van der Waals surface area contributed by atoms with E-state index in [1.807, 2.05) is 5.32 Å². The molecule has 14 nitrogen and oxygen atoms in total. The first kappa shape index (κ1) is 25.6.